The van der Waals surface area contributed by atoms with Crippen molar-refractivity contribution in [3.63, 3.8) is 0 Å². The molecule has 0 aliphatic carbocycles. The molecule has 12 aromatic rings. The van der Waals surface area contributed by atoms with Crippen LogP contribution in [0.2, 0.25) is 0 Å². The van der Waals surface area contributed by atoms with Gasteiger partial charge in [-0.25, -0.2) is 0 Å². The molecule has 4 heteroatoms. The molecule has 0 aromatic heterocycles. The molecule has 0 atom stereocenters. The quantitative estimate of drug-likeness (QED) is 0.155. The molecule has 0 aliphatic heterocycles. The van der Waals surface area contributed by atoms with Gasteiger partial charge in [0.2, 0.25) is 0 Å². The second-order valence-electron chi connectivity index (χ2n) is 26.3. The predicted molar refractivity (Wildman–Crippen MR) is 412 cm³/mol. The molecule has 0 N–H and O–H groups in total. The number of hydrogen-bond donors (Lipinski definition) is 0. The summed E-state index contributed by atoms with van der Waals surface area (Å²) < 4.78 is 45.1. The number of rotatable bonds is 7. The van der Waals surface area contributed by atoms with Crippen LogP contribution in [-0.2, 0) is 12.6 Å². The molecule has 0 radical (unpaired) electrons. The number of halogens is 3. The van der Waals surface area contributed by atoms with Crippen molar-refractivity contribution in [2.45, 2.75) is 144 Å². The molecule has 0 spiro atoms. The Morgan fingerprint density at radius 2 is 0.495 bits per heavy atom. The van der Waals surface area contributed by atoms with Gasteiger partial charge in [-0.15, -0.1) is 0 Å². The van der Waals surface area contributed by atoms with Crippen molar-refractivity contribution in [2.75, 3.05) is 0 Å². The van der Waals surface area contributed by atoms with Crippen LogP contribution in [0, 0.1) is 132 Å². The number of benzene rings is 12. The summed E-state index contributed by atoms with van der Waals surface area (Å²) in [4.78, 5) is 0. The van der Waals surface area contributed by atoms with Crippen LogP contribution in [0.15, 0.2) is 255 Å². The van der Waals surface area contributed by atoms with Crippen molar-refractivity contribution >= 4 is 0 Å². The van der Waals surface area contributed by atoms with E-state index < -0.39 is 11.7 Å². The normalized spacial score (nSPS) is 10.4. The first-order chi connectivity index (χ1) is 46.0. The Bertz CT molecular complexity index is 4100. The van der Waals surface area contributed by atoms with Crippen molar-refractivity contribution in [1.29, 1.82) is 0 Å². The van der Waals surface area contributed by atoms with Crippen LogP contribution in [-0.4, -0.2) is 0 Å². The predicted octanol–water partition coefficient (Wildman–Crippen LogP) is 27.1. The van der Waals surface area contributed by atoms with Crippen LogP contribution in [0.3, 0.4) is 0 Å². The van der Waals surface area contributed by atoms with E-state index in [9.17, 15) is 13.2 Å². The summed E-state index contributed by atoms with van der Waals surface area (Å²) >= 11 is 0. The lowest BCUT2D eigenvalue weighted by Crippen LogP contribution is -2.08. The molecule has 0 aliphatic rings. The maximum absolute atomic E-state index is 13.1. The molecule has 12 aromatic carbocycles. The first-order valence-corrected chi connectivity index (χ1v) is 33.5. The maximum Gasteiger partial charge on any atom is 0.417 e. The second kappa shape index (κ2) is 36.9. The molecular weight excluding hydrogens is 1190 g/mol. The number of aryl methyl sites for hydroxylation is 19. The second-order valence-corrected chi connectivity index (χ2v) is 26.3. The molecule has 0 bridgehead atoms. The van der Waals surface area contributed by atoms with E-state index in [2.05, 4.69) is 281 Å². The van der Waals surface area contributed by atoms with Gasteiger partial charge in [0, 0.05) is 0 Å². The summed E-state index contributed by atoms with van der Waals surface area (Å²) in [6.07, 6.45) is -3.31. The highest BCUT2D eigenvalue weighted by Crippen LogP contribution is 2.39. The Morgan fingerprint density at radius 1 is 0.227 bits per heavy atom. The summed E-state index contributed by atoms with van der Waals surface area (Å²) in [5, 5.41) is 0. The van der Waals surface area contributed by atoms with Crippen LogP contribution in [0.25, 0.3) is 33.4 Å². The van der Waals surface area contributed by atoms with Gasteiger partial charge >= 0.3 is 6.18 Å². The molecule has 500 valence electrons. The molecular formula is C93H101F3O. The molecule has 97 heavy (non-hydrogen) atoms. The fourth-order valence-corrected chi connectivity index (χ4v) is 10.8. The molecule has 12 rings (SSSR count). The fraction of sp³-hybridized carbons (Fsp3) is 0.226. The zero-order valence-electron chi connectivity index (χ0n) is 61.0. The minimum atomic E-state index is -4.33. The van der Waals surface area contributed by atoms with Gasteiger partial charge in [-0.1, -0.05) is 291 Å². The zero-order chi connectivity index (χ0) is 70.9. The number of ether oxygens (including phenoxy) is 1. The van der Waals surface area contributed by atoms with Crippen molar-refractivity contribution in [1.82, 2.24) is 0 Å². The van der Waals surface area contributed by atoms with E-state index in [0.29, 0.717) is 11.1 Å². The Kier molecular flexibility index (Phi) is 29.0. The van der Waals surface area contributed by atoms with Gasteiger partial charge < -0.3 is 4.74 Å². The van der Waals surface area contributed by atoms with Crippen molar-refractivity contribution in [3.8, 4) is 44.9 Å². The van der Waals surface area contributed by atoms with Gasteiger partial charge in [-0.3, -0.25) is 0 Å². The molecule has 0 saturated heterocycles. The average Bonchev–Trinajstić information content (AvgIpc) is 0.845. The number of alkyl halides is 3. The van der Waals surface area contributed by atoms with Crippen LogP contribution < -0.4 is 4.74 Å². The van der Waals surface area contributed by atoms with Gasteiger partial charge in [-0.05, 0) is 252 Å². The van der Waals surface area contributed by atoms with E-state index >= 15 is 0 Å². The summed E-state index contributed by atoms with van der Waals surface area (Å²) in [6.45, 7) is 39.5. The molecule has 0 unspecified atom stereocenters. The van der Waals surface area contributed by atoms with E-state index in [0.717, 1.165) is 29.0 Å². The van der Waals surface area contributed by atoms with Crippen LogP contribution in [0.4, 0.5) is 13.2 Å². The summed E-state index contributed by atoms with van der Waals surface area (Å²) in [6, 6.07) is 87.1. The van der Waals surface area contributed by atoms with E-state index in [-0.39, 0.29) is 5.56 Å². The van der Waals surface area contributed by atoms with Gasteiger partial charge in [-0.2, -0.15) is 13.2 Å². The molecule has 0 amide bonds. The molecule has 1 nitrogen and oxygen atoms in total. The third kappa shape index (κ3) is 25.7. The Balaban J connectivity index is 0.000000182. The largest absolute Gasteiger partial charge is 0.457 e. The zero-order valence-corrected chi connectivity index (χ0v) is 61.0. The van der Waals surface area contributed by atoms with Crippen molar-refractivity contribution < 1.29 is 17.9 Å². The van der Waals surface area contributed by atoms with Crippen LogP contribution in [0.1, 0.15) is 122 Å². The lowest BCUT2D eigenvalue weighted by atomic mass is 9.93. The molecule has 0 fully saturated rings. The van der Waals surface area contributed by atoms with Crippen molar-refractivity contribution in [3.05, 3.63) is 377 Å². The Hall–Kier alpha value is -9.77. The average molecular weight is 1290 g/mol. The smallest absolute Gasteiger partial charge is 0.417 e. The van der Waals surface area contributed by atoms with Crippen LogP contribution >= 0.6 is 0 Å². The first kappa shape index (κ1) is 76.2. The third-order valence-electron chi connectivity index (χ3n) is 16.9. The van der Waals surface area contributed by atoms with Crippen LogP contribution in [0.5, 0.6) is 11.5 Å². The highest BCUT2D eigenvalue weighted by atomic mass is 19.4. The SMILES string of the molecule is Cc1ccc(-c2ccc(C)c(C)c2)cc1C.Cc1ccc(-c2ccc(C)cc2C(F)(F)F)c(C)c1.Cc1ccc(-c2ccc(C)cc2C)c(C)c1.Cc1ccc(C)cc1.Cc1ccc(Cc2ccc(C)cc2)cc1.Cc1ccc(Oc2ccc(C)cc2)cc1.Cc1cccc(C)c1. The molecule has 0 saturated carbocycles. The van der Waals surface area contributed by atoms with Crippen molar-refractivity contribution in [2.24, 2.45) is 0 Å². The highest BCUT2D eigenvalue weighted by molar-refractivity contribution is 5.73. The monoisotopic (exact) mass is 1290 g/mol. The Labute approximate surface area is 580 Å². The fourth-order valence-electron chi connectivity index (χ4n) is 10.8. The van der Waals surface area contributed by atoms with E-state index in [1.807, 2.05) is 74.5 Å². The Morgan fingerprint density at radius 3 is 0.784 bits per heavy atom. The van der Waals surface area contributed by atoms with Gasteiger partial charge in [0.05, 0.1) is 5.56 Å². The number of hydrogen-bond acceptors (Lipinski definition) is 1. The lowest BCUT2D eigenvalue weighted by Gasteiger charge is -2.16. The van der Waals surface area contributed by atoms with E-state index in [1.54, 1.807) is 25.1 Å². The topological polar surface area (TPSA) is 9.23 Å². The molecule has 0 heterocycles. The lowest BCUT2D eigenvalue weighted by molar-refractivity contribution is -0.137. The summed E-state index contributed by atoms with van der Waals surface area (Å²) in [7, 11) is 0. The van der Waals surface area contributed by atoms with Gasteiger partial charge in [0.1, 0.15) is 11.5 Å². The van der Waals surface area contributed by atoms with E-state index in [1.165, 1.54) is 128 Å². The summed E-state index contributed by atoms with van der Waals surface area (Å²) in [5.41, 5.74) is 32.1. The standard InChI is InChI=1S/C16H15F3.2C16H18.C15H16.C14H14O.2C8H10/c1-10-4-6-13(12(3)8-10)14-7-5-11(2)9-15(14)16(17,18)19;1-11-5-7-15(9-13(11)3)16-8-6-12(2)14(4)10-16;1-11-5-7-15(13(3)9-11)16-8-6-12(2)10-14(16)4;1-12-3-7-14(8-4-12)11-15-9-5-13(2)6-10-15;1-11-3-7-13(8-4-11)15-14-9-5-12(2)6-10-14;1-7-3-5-8(2)6-4-7;1-7-4-3-5-8(2)6-7/h4-9H,1-3H3;2*5-10H,1-4H3;3-10H,11H2,1-2H3;3-10H,1-2H3;2*3-6H,1-2H3. The highest BCUT2D eigenvalue weighted by Gasteiger charge is 2.34. The first-order valence-electron chi connectivity index (χ1n) is 33.5. The third-order valence-corrected chi connectivity index (χ3v) is 16.9. The van der Waals surface area contributed by atoms with Gasteiger partial charge in [0.15, 0.2) is 0 Å². The minimum Gasteiger partial charge on any atom is -0.457 e. The van der Waals surface area contributed by atoms with Gasteiger partial charge in [0.25, 0.3) is 0 Å². The maximum atomic E-state index is 13.1. The minimum absolute atomic E-state index is 0.246. The summed E-state index contributed by atoms with van der Waals surface area (Å²) in [5.74, 6) is 1.76. The van der Waals surface area contributed by atoms with E-state index in [4.69, 9.17) is 4.74 Å².